The summed E-state index contributed by atoms with van der Waals surface area (Å²) >= 11 is 11.3. The first-order valence-corrected chi connectivity index (χ1v) is 5.86. The zero-order valence-corrected chi connectivity index (χ0v) is 9.94. The maximum Gasteiger partial charge on any atom is 0.173 e. The zero-order valence-electron chi connectivity index (χ0n) is 8.37. The summed E-state index contributed by atoms with van der Waals surface area (Å²) in [5, 5.41) is 4.66. The van der Waals surface area contributed by atoms with Gasteiger partial charge in [-0.15, -0.1) is 0 Å². The van der Waals surface area contributed by atoms with Crippen LogP contribution in [0, 0.1) is 0 Å². The smallest absolute Gasteiger partial charge is 0.173 e. The number of likely N-dealkylation sites (tertiary alicyclic amines) is 1. The SMILES string of the molecule is S=C(Nc1ccccc1Cl)N1CCCC1. The van der Waals surface area contributed by atoms with E-state index in [1.165, 1.54) is 12.8 Å². The Balaban J connectivity index is 2.02. The third-order valence-corrected chi connectivity index (χ3v) is 3.20. The fraction of sp³-hybridized carbons (Fsp3) is 0.364. The van der Waals surface area contributed by atoms with Gasteiger partial charge in [0.2, 0.25) is 0 Å². The zero-order chi connectivity index (χ0) is 10.7. The normalized spacial score (nSPS) is 15.4. The van der Waals surface area contributed by atoms with E-state index >= 15 is 0 Å². The van der Waals surface area contributed by atoms with Crippen molar-refractivity contribution in [3.8, 4) is 0 Å². The molecule has 0 saturated carbocycles. The number of nitrogens with one attached hydrogen (secondary N) is 1. The van der Waals surface area contributed by atoms with Crippen molar-refractivity contribution in [1.82, 2.24) is 4.90 Å². The van der Waals surface area contributed by atoms with Crippen LogP contribution >= 0.6 is 23.8 Å². The van der Waals surface area contributed by atoms with Crippen LogP contribution in [0.4, 0.5) is 5.69 Å². The Morgan fingerprint density at radius 1 is 1.27 bits per heavy atom. The van der Waals surface area contributed by atoms with Gasteiger partial charge in [0.15, 0.2) is 5.11 Å². The molecule has 2 nitrogen and oxygen atoms in total. The fourth-order valence-corrected chi connectivity index (χ4v) is 2.15. The highest BCUT2D eigenvalue weighted by Gasteiger charge is 2.14. The van der Waals surface area contributed by atoms with E-state index in [2.05, 4.69) is 10.2 Å². The highest BCUT2D eigenvalue weighted by Crippen LogP contribution is 2.21. The van der Waals surface area contributed by atoms with Gasteiger partial charge >= 0.3 is 0 Å². The van der Waals surface area contributed by atoms with Gasteiger partial charge < -0.3 is 10.2 Å². The molecule has 1 aromatic rings. The lowest BCUT2D eigenvalue weighted by atomic mass is 10.3. The lowest BCUT2D eigenvalue weighted by Crippen LogP contribution is -2.31. The van der Waals surface area contributed by atoms with Crippen LogP contribution in [0.15, 0.2) is 24.3 Å². The fourth-order valence-electron chi connectivity index (χ4n) is 1.68. The summed E-state index contributed by atoms with van der Waals surface area (Å²) in [7, 11) is 0. The van der Waals surface area contributed by atoms with Crippen LogP contribution < -0.4 is 5.32 Å². The highest BCUT2D eigenvalue weighted by molar-refractivity contribution is 7.80. The Hall–Kier alpha value is -0.800. The molecule has 2 rings (SSSR count). The topological polar surface area (TPSA) is 15.3 Å². The van der Waals surface area contributed by atoms with Gasteiger partial charge in [-0.2, -0.15) is 0 Å². The predicted molar refractivity (Wildman–Crippen MR) is 68.5 cm³/mol. The van der Waals surface area contributed by atoms with Crippen LogP contribution in [0.1, 0.15) is 12.8 Å². The van der Waals surface area contributed by atoms with Gasteiger partial charge in [0.05, 0.1) is 10.7 Å². The Kier molecular flexibility index (Phi) is 3.44. The molecular weight excluding hydrogens is 228 g/mol. The minimum Gasteiger partial charge on any atom is -0.349 e. The second-order valence-electron chi connectivity index (χ2n) is 3.60. The third-order valence-electron chi connectivity index (χ3n) is 2.51. The van der Waals surface area contributed by atoms with Crippen molar-refractivity contribution in [3.63, 3.8) is 0 Å². The summed E-state index contributed by atoms with van der Waals surface area (Å²) < 4.78 is 0. The molecular formula is C11H13ClN2S. The van der Waals surface area contributed by atoms with Crippen molar-refractivity contribution < 1.29 is 0 Å². The number of rotatable bonds is 1. The minimum absolute atomic E-state index is 0.707. The molecule has 0 aliphatic carbocycles. The summed E-state index contributed by atoms with van der Waals surface area (Å²) in [4.78, 5) is 2.18. The van der Waals surface area contributed by atoms with Crippen molar-refractivity contribution >= 4 is 34.6 Å². The van der Waals surface area contributed by atoms with Gasteiger partial charge in [-0.05, 0) is 37.2 Å². The molecule has 1 saturated heterocycles. The average molecular weight is 241 g/mol. The van der Waals surface area contributed by atoms with E-state index in [1.54, 1.807) is 0 Å². The largest absolute Gasteiger partial charge is 0.349 e. The van der Waals surface area contributed by atoms with Crippen molar-refractivity contribution in [1.29, 1.82) is 0 Å². The molecule has 0 unspecified atom stereocenters. The quantitative estimate of drug-likeness (QED) is 0.760. The maximum absolute atomic E-state index is 6.03. The second kappa shape index (κ2) is 4.81. The van der Waals surface area contributed by atoms with Crippen molar-refractivity contribution in [2.75, 3.05) is 18.4 Å². The van der Waals surface area contributed by atoms with Crippen LogP contribution in [0.3, 0.4) is 0 Å². The number of para-hydroxylation sites is 1. The first kappa shape index (κ1) is 10.7. The van der Waals surface area contributed by atoms with E-state index in [1.807, 2.05) is 24.3 Å². The molecule has 1 fully saturated rings. The lowest BCUT2D eigenvalue weighted by Gasteiger charge is -2.20. The number of nitrogens with zero attached hydrogens (tertiary/aromatic N) is 1. The Bertz CT molecular complexity index is 361. The van der Waals surface area contributed by atoms with Crippen molar-refractivity contribution in [3.05, 3.63) is 29.3 Å². The molecule has 1 aliphatic rings. The Morgan fingerprint density at radius 3 is 2.60 bits per heavy atom. The number of hydrogen-bond donors (Lipinski definition) is 1. The molecule has 0 bridgehead atoms. The Labute approximate surface area is 100 Å². The van der Waals surface area contributed by atoms with Gasteiger partial charge in [-0.3, -0.25) is 0 Å². The Morgan fingerprint density at radius 2 is 1.93 bits per heavy atom. The monoisotopic (exact) mass is 240 g/mol. The standard InChI is InChI=1S/C11H13ClN2S/c12-9-5-1-2-6-10(9)13-11(15)14-7-3-4-8-14/h1-2,5-6H,3-4,7-8H2,(H,13,15). The van der Waals surface area contributed by atoms with Gasteiger partial charge in [0.1, 0.15) is 0 Å². The molecule has 0 radical (unpaired) electrons. The molecule has 1 N–H and O–H groups in total. The lowest BCUT2D eigenvalue weighted by molar-refractivity contribution is 0.528. The van der Waals surface area contributed by atoms with E-state index in [4.69, 9.17) is 23.8 Å². The van der Waals surface area contributed by atoms with Crippen LogP contribution in [-0.4, -0.2) is 23.1 Å². The van der Waals surface area contributed by atoms with Gasteiger partial charge in [0.25, 0.3) is 0 Å². The van der Waals surface area contributed by atoms with Gasteiger partial charge in [0, 0.05) is 13.1 Å². The maximum atomic E-state index is 6.03. The molecule has 15 heavy (non-hydrogen) atoms. The predicted octanol–water partition coefficient (Wildman–Crippen LogP) is 3.13. The van der Waals surface area contributed by atoms with Crippen LogP contribution in [0.2, 0.25) is 5.02 Å². The summed E-state index contributed by atoms with van der Waals surface area (Å²) in [6.07, 6.45) is 2.45. The highest BCUT2D eigenvalue weighted by atomic mass is 35.5. The van der Waals surface area contributed by atoms with E-state index in [-0.39, 0.29) is 0 Å². The van der Waals surface area contributed by atoms with E-state index in [0.29, 0.717) is 5.02 Å². The number of benzene rings is 1. The molecule has 1 aromatic carbocycles. The van der Waals surface area contributed by atoms with E-state index in [0.717, 1.165) is 23.9 Å². The molecule has 0 aromatic heterocycles. The second-order valence-corrected chi connectivity index (χ2v) is 4.40. The van der Waals surface area contributed by atoms with Crippen LogP contribution in [0.5, 0.6) is 0 Å². The number of hydrogen-bond acceptors (Lipinski definition) is 1. The number of thiocarbonyl (C=S) groups is 1. The molecule has 1 aliphatic heterocycles. The summed E-state index contributed by atoms with van der Waals surface area (Å²) in [5.41, 5.74) is 0.885. The van der Waals surface area contributed by atoms with Crippen LogP contribution in [0.25, 0.3) is 0 Å². The summed E-state index contributed by atoms with van der Waals surface area (Å²) in [6, 6.07) is 7.65. The first-order chi connectivity index (χ1) is 7.27. The van der Waals surface area contributed by atoms with Crippen molar-refractivity contribution in [2.24, 2.45) is 0 Å². The van der Waals surface area contributed by atoms with Gasteiger partial charge in [-0.1, -0.05) is 23.7 Å². The molecule has 0 spiro atoms. The minimum atomic E-state index is 0.707. The number of halogens is 1. The third kappa shape index (κ3) is 2.61. The van der Waals surface area contributed by atoms with Crippen LogP contribution in [-0.2, 0) is 0 Å². The number of anilines is 1. The molecule has 1 heterocycles. The van der Waals surface area contributed by atoms with Gasteiger partial charge in [-0.25, -0.2) is 0 Å². The summed E-state index contributed by atoms with van der Waals surface area (Å²) in [5.74, 6) is 0. The average Bonchev–Trinajstić information content (AvgIpc) is 2.74. The first-order valence-electron chi connectivity index (χ1n) is 5.08. The molecule has 0 amide bonds. The van der Waals surface area contributed by atoms with Crippen molar-refractivity contribution in [2.45, 2.75) is 12.8 Å². The summed E-state index contributed by atoms with van der Waals surface area (Å²) in [6.45, 7) is 2.10. The molecule has 80 valence electrons. The molecule has 4 heteroatoms. The van der Waals surface area contributed by atoms with E-state index in [9.17, 15) is 0 Å². The molecule has 0 atom stereocenters. The van der Waals surface area contributed by atoms with E-state index < -0.39 is 0 Å².